The number of carbonyl (C=O) groups excluding carboxylic acids is 1. The second-order valence-electron chi connectivity index (χ2n) is 7.51. The fourth-order valence-corrected chi connectivity index (χ4v) is 3.54. The molecule has 31 heavy (non-hydrogen) atoms. The summed E-state index contributed by atoms with van der Waals surface area (Å²) in [4.78, 5) is 15.9. The van der Waals surface area contributed by atoms with Crippen molar-refractivity contribution in [2.24, 2.45) is 0 Å². The first-order valence-electron chi connectivity index (χ1n) is 10.4. The molecule has 0 aliphatic heterocycles. The fourth-order valence-electron chi connectivity index (χ4n) is 3.24. The summed E-state index contributed by atoms with van der Waals surface area (Å²) in [5, 5.41) is 1.76. The van der Waals surface area contributed by atoms with Gasteiger partial charge in [0.2, 0.25) is 0 Å². The predicted octanol–water partition coefficient (Wildman–Crippen LogP) is 5.68. The summed E-state index contributed by atoms with van der Waals surface area (Å²) in [5.74, 6) is 0.644. The van der Waals surface area contributed by atoms with Gasteiger partial charge in [0.05, 0.1) is 24.4 Å². The number of nitrogens with zero attached hydrogens (tertiary/aromatic N) is 1. The molecule has 1 heterocycles. The van der Waals surface area contributed by atoms with E-state index >= 15 is 0 Å². The Morgan fingerprint density at radius 2 is 1.74 bits per heavy atom. The lowest BCUT2D eigenvalue weighted by Crippen LogP contribution is -2.10. The van der Waals surface area contributed by atoms with E-state index in [1.165, 1.54) is 6.92 Å². The van der Waals surface area contributed by atoms with Crippen LogP contribution < -0.4 is 4.74 Å². The highest BCUT2D eigenvalue weighted by molar-refractivity contribution is 6.30. The number of hydrogen-bond donors (Lipinski definition) is 0. The number of aromatic nitrogens is 1. The van der Waals surface area contributed by atoms with E-state index in [1.54, 1.807) is 0 Å². The Hall–Kier alpha value is -2.47. The zero-order valence-corrected chi connectivity index (χ0v) is 18.8. The van der Waals surface area contributed by atoms with Crippen LogP contribution in [0.1, 0.15) is 36.6 Å². The van der Waals surface area contributed by atoms with E-state index in [0.29, 0.717) is 37.2 Å². The third-order valence-corrected chi connectivity index (χ3v) is 4.95. The molecule has 0 fully saturated rings. The van der Waals surface area contributed by atoms with E-state index in [-0.39, 0.29) is 12.4 Å². The van der Waals surface area contributed by atoms with Crippen LogP contribution in [0.3, 0.4) is 0 Å². The van der Waals surface area contributed by atoms with Crippen LogP contribution in [-0.2, 0) is 27.5 Å². The summed E-state index contributed by atoms with van der Waals surface area (Å²) in [6, 6.07) is 15.8. The minimum absolute atomic E-state index is 0.0277. The van der Waals surface area contributed by atoms with Crippen LogP contribution in [0, 0.1) is 6.92 Å². The van der Waals surface area contributed by atoms with Crippen molar-refractivity contribution in [3.8, 4) is 5.75 Å². The van der Waals surface area contributed by atoms with Gasteiger partial charge in [-0.1, -0.05) is 35.9 Å². The first-order valence-corrected chi connectivity index (χ1v) is 10.8. The second kappa shape index (κ2) is 11.8. The monoisotopic (exact) mass is 441 g/mol. The molecule has 0 atom stereocenters. The van der Waals surface area contributed by atoms with Crippen LogP contribution in [-0.4, -0.2) is 30.6 Å². The zero-order chi connectivity index (χ0) is 22.1. The Labute approximate surface area is 188 Å². The quantitative estimate of drug-likeness (QED) is 0.338. The standard InChI is InChI=1S/C25H28ClNO4/c1-18-13-22(26)14-21(25(18)31-15-19(2)28)16-29-11-5-6-12-30-17-23-10-9-20-7-3-4-8-24(20)27-23/h3-4,7-10,13-14H,5-6,11-12,15-17H2,1-2H3. The number of hydrogen-bond acceptors (Lipinski definition) is 5. The van der Waals surface area contributed by atoms with Crippen LogP contribution in [0.15, 0.2) is 48.5 Å². The number of ether oxygens (including phenoxy) is 3. The van der Waals surface area contributed by atoms with E-state index in [1.807, 2.05) is 43.3 Å². The lowest BCUT2D eigenvalue weighted by Gasteiger charge is -2.14. The lowest BCUT2D eigenvalue weighted by atomic mass is 10.1. The maximum Gasteiger partial charge on any atom is 0.167 e. The van der Waals surface area contributed by atoms with Gasteiger partial charge < -0.3 is 14.2 Å². The van der Waals surface area contributed by atoms with Gasteiger partial charge in [0.1, 0.15) is 12.4 Å². The van der Waals surface area contributed by atoms with Crippen LogP contribution in [0.25, 0.3) is 10.9 Å². The van der Waals surface area contributed by atoms with Gasteiger partial charge in [-0.3, -0.25) is 9.78 Å². The molecule has 0 unspecified atom stereocenters. The van der Waals surface area contributed by atoms with Crippen molar-refractivity contribution in [3.63, 3.8) is 0 Å². The number of fused-ring (bicyclic) bond motifs is 1. The number of carbonyl (C=O) groups is 1. The Morgan fingerprint density at radius 3 is 2.52 bits per heavy atom. The van der Waals surface area contributed by atoms with Gasteiger partial charge >= 0.3 is 0 Å². The molecule has 0 N–H and O–H groups in total. The molecule has 1 aromatic heterocycles. The molecule has 2 aromatic carbocycles. The number of para-hydroxylation sites is 1. The topological polar surface area (TPSA) is 57.7 Å². The van der Waals surface area contributed by atoms with Gasteiger partial charge in [-0.05, 0) is 56.5 Å². The summed E-state index contributed by atoms with van der Waals surface area (Å²) in [6.07, 6.45) is 1.78. The molecule has 6 heteroatoms. The third-order valence-electron chi connectivity index (χ3n) is 4.73. The smallest absolute Gasteiger partial charge is 0.167 e. The molecule has 0 amide bonds. The number of pyridine rings is 1. The largest absolute Gasteiger partial charge is 0.485 e. The summed E-state index contributed by atoms with van der Waals surface area (Å²) in [5.41, 5.74) is 3.66. The number of benzene rings is 2. The molecule has 0 aliphatic carbocycles. The molecule has 3 aromatic rings. The van der Waals surface area contributed by atoms with Crippen LogP contribution in [0.4, 0.5) is 0 Å². The van der Waals surface area contributed by atoms with Crippen LogP contribution >= 0.6 is 11.6 Å². The molecule has 0 saturated heterocycles. The first kappa shape index (κ1) is 23.2. The summed E-state index contributed by atoms with van der Waals surface area (Å²) in [6.45, 7) is 5.60. The maximum atomic E-state index is 11.2. The van der Waals surface area contributed by atoms with Crippen molar-refractivity contribution in [1.82, 2.24) is 4.98 Å². The minimum Gasteiger partial charge on any atom is -0.485 e. The van der Waals surface area contributed by atoms with Crippen LogP contribution in [0.5, 0.6) is 5.75 Å². The fraction of sp³-hybridized carbons (Fsp3) is 0.360. The highest BCUT2D eigenvalue weighted by Crippen LogP contribution is 2.28. The van der Waals surface area contributed by atoms with E-state index in [2.05, 4.69) is 17.1 Å². The molecular formula is C25H28ClNO4. The van der Waals surface area contributed by atoms with Gasteiger partial charge in [0.15, 0.2) is 5.78 Å². The average Bonchev–Trinajstić information content (AvgIpc) is 2.74. The highest BCUT2D eigenvalue weighted by Gasteiger charge is 2.10. The molecule has 0 radical (unpaired) electrons. The summed E-state index contributed by atoms with van der Waals surface area (Å²) >= 11 is 6.17. The van der Waals surface area contributed by atoms with Gasteiger partial charge in [-0.25, -0.2) is 0 Å². The van der Waals surface area contributed by atoms with Gasteiger partial charge in [-0.15, -0.1) is 0 Å². The number of ketones is 1. The normalized spacial score (nSPS) is 11.1. The Bertz CT molecular complexity index is 1020. The predicted molar refractivity (Wildman–Crippen MR) is 123 cm³/mol. The number of rotatable bonds is 12. The van der Waals surface area contributed by atoms with E-state index in [9.17, 15) is 4.79 Å². The SMILES string of the molecule is CC(=O)COc1c(C)cc(Cl)cc1COCCCCOCc1ccc2ccccc2n1. The van der Waals surface area contributed by atoms with Crippen molar-refractivity contribution < 1.29 is 19.0 Å². The van der Waals surface area contributed by atoms with E-state index in [4.69, 9.17) is 25.8 Å². The van der Waals surface area contributed by atoms with E-state index in [0.717, 1.165) is 40.6 Å². The zero-order valence-electron chi connectivity index (χ0n) is 18.0. The van der Waals surface area contributed by atoms with Crippen molar-refractivity contribution in [1.29, 1.82) is 0 Å². The number of aryl methyl sites for hydroxylation is 1. The Balaban J connectivity index is 1.36. The van der Waals surface area contributed by atoms with Crippen molar-refractivity contribution in [2.45, 2.75) is 39.9 Å². The number of Topliss-reactive ketones (excluding diaryl/α,β-unsaturated/α-hetero) is 1. The molecule has 0 bridgehead atoms. The molecule has 0 saturated carbocycles. The molecule has 0 spiro atoms. The molecular weight excluding hydrogens is 414 g/mol. The first-order chi connectivity index (χ1) is 15.0. The van der Waals surface area contributed by atoms with Crippen LogP contribution in [0.2, 0.25) is 5.02 Å². The average molecular weight is 442 g/mol. The van der Waals surface area contributed by atoms with Crippen molar-refractivity contribution >= 4 is 28.3 Å². The summed E-state index contributed by atoms with van der Waals surface area (Å²) in [7, 11) is 0. The van der Waals surface area contributed by atoms with Gasteiger partial charge in [-0.2, -0.15) is 0 Å². The van der Waals surface area contributed by atoms with Crippen molar-refractivity contribution in [2.75, 3.05) is 19.8 Å². The number of unbranched alkanes of at least 4 members (excludes halogenated alkanes) is 1. The second-order valence-corrected chi connectivity index (χ2v) is 7.95. The lowest BCUT2D eigenvalue weighted by molar-refractivity contribution is -0.118. The molecule has 0 aliphatic rings. The van der Waals surface area contributed by atoms with Crippen molar-refractivity contribution in [3.05, 3.63) is 70.4 Å². The highest BCUT2D eigenvalue weighted by atomic mass is 35.5. The van der Waals surface area contributed by atoms with E-state index < -0.39 is 0 Å². The molecule has 5 nitrogen and oxygen atoms in total. The summed E-state index contributed by atoms with van der Waals surface area (Å²) < 4.78 is 17.2. The molecule has 3 rings (SSSR count). The Morgan fingerprint density at radius 1 is 1.00 bits per heavy atom. The van der Waals surface area contributed by atoms with Gasteiger partial charge in [0, 0.05) is 29.2 Å². The third kappa shape index (κ3) is 7.31. The number of halogens is 1. The minimum atomic E-state index is -0.0277. The van der Waals surface area contributed by atoms with Gasteiger partial charge in [0.25, 0.3) is 0 Å². The maximum absolute atomic E-state index is 11.2. The Kier molecular flexibility index (Phi) is 8.83. The molecule has 164 valence electrons.